The van der Waals surface area contributed by atoms with Gasteiger partial charge in [0.05, 0.1) is 0 Å². The van der Waals surface area contributed by atoms with Gasteiger partial charge < -0.3 is 5.73 Å². The molecular formula is C15H19Cl2N. The molecule has 1 nitrogen and oxygen atoms in total. The minimum Gasteiger partial charge on any atom is -0.327 e. The predicted molar refractivity (Wildman–Crippen MR) is 80.1 cm³/mol. The van der Waals surface area contributed by atoms with Crippen molar-refractivity contribution in [3.8, 4) is 0 Å². The Balaban J connectivity index is 2.28. The van der Waals surface area contributed by atoms with Crippen LogP contribution >= 0.6 is 23.2 Å². The molecule has 0 saturated heterocycles. The molecule has 3 heteroatoms. The first-order chi connectivity index (χ1) is 8.72. The van der Waals surface area contributed by atoms with Gasteiger partial charge in [0.15, 0.2) is 0 Å². The molecule has 1 aromatic carbocycles. The molecule has 1 aromatic rings. The van der Waals surface area contributed by atoms with Crippen LogP contribution in [0.15, 0.2) is 23.8 Å². The maximum absolute atomic E-state index is 6.20. The lowest BCUT2D eigenvalue weighted by Crippen LogP contribution is -2.16. The first kappa shape index (κ1) is 13.9. The van der Waals surface area contributed by atoms with E-state index in [1.54, 1.807) is 0 Å². The van der Waals surface area contributed by atoms with E-state index in [-0.39, 0.29) is 0 Å². The second-order valence-corrected chi connectivity index (χ2v) is 5.71. The van der Waals surface area contributed by atoms with E-state index in [4.69, 9.17) is 28.9 Å². The lowest BCUT2D eigenvalue weighted by atomic mass is 9.83. The summed E-state index contributed by atoms with van der Waals surface area (Å²) in [5, 5.41) is 1.40. The monoisotopic (exact) mass is 283 g/mol. The average Bonchev–Trinajstić information content (AvgIpc) is 2.40. The number of nitrogens with two attached hydrogens (primary N) is 1. The number of hydrogen-bond donors (Lipinski definition) is 1. The first-order valence-electron chi connectivity index (χ1n) is 6.57. The largest absolute Gasteiger partial charge is 0.327 e. The van der Waals surface area contributed by atoms with Crippen molar-refractivity contribution >= 4 is 29.3 Å². The molecule has 0 aliphatic heterocycles. The molecule has 1 aliphatic rings. The Hall–Kier alpha value is -0.500. The molecule has 1 saturated carbocycles. The Bertz CT molecular complexity index is 414. The normalized spacial score (nSPS) is 18.1. The van der Waals surface area contributed by atoms with E-state index in [0.29, 0.717) is 22.5 Å². The van der Waals surface area contributed by atoms with Crippen LogP contribution in [0.25, 0.3) is 6.08 Å². The second kappa shape index (κ2) is 6.60. The van der Waals surface area contributed by atoms with Gasteiger partial charge in [0.25, 0.3) is 0 Å². The molecule has 1 aliphatic carbocycles. The van der Waals surface area contributed by atoms with Crippen molar-refractivity contribution in [2.75, 3.05) is 6.54 Å². The molecule has 0 amide bonds. The third kappa shape index (κ3) is 3.28. The van der Waals surface area contributed by atoms with Crippen molar-refractivity contribution in [3.63, 3.8) is 0 Å². The summed E-state index contributed by atoms with van der Waals surface area (Å²) in [4.78, 5) is 0. The van der Waals surface area contributed by atoms with Crippen LogP contribution in [0.4, 0.5) is 0 Å². The number of rotatable bonds is 3. The van der Waals surface area contributed by atoms with E-state index in [1.807, 2.05) is 18.2 Å². The van der Waals surface area contributed by atoms with Crippen LogP contribution in [0, 0.1) is 5.92 Å². The molecule has 0 heterocycles. The van der Waals surface area contributed by atoms with Crippen LogP contribution in [0.1, 0.15) is 37.7 Å². The summed E-state index contributed by atoms with van der Waals surface area (Å²) in [7, 11) is 0. The minimum atomic E-state index is 0.590. The van der Waals surface area contributed by atoms with Crippen molar-refractivity contribution in [2.45, 2.75) is 32.1 Å². The molecule has 0 bridgehead atoms. The van der Waals surface area contributed by atoms with Crippen molar-refractivity contribution < 1.29 is 0 Å². The zero-order valence-corrected chi connectivity index (χ0v) is 12.0. The van der Waals surface area contributed by atoms with Gasteiger partial charge in [-0.05, 0) is 30.9 Å². The van der Waals surface area contributed by atoms with Gasteiger partial charge >= 0.3 is 0 Å². The van der Waals surface area contributed by atoms with Crippen molar-refractivity contribution in [3.05, 3.63) is 39.4 Å². The Labute approximate surface area is 119 Å². The molecule has 0 aromatic heterocycles. The number of hydrogen-bond acceptors (Lipinski definition) is 1. The Morgan fingerprint density at radius 2 is 1.78 bits per heavy atom. The highest BCUT2D eigenvalue weighted by atomic mass is 35.5. The van der Waals surface area contributed by atoms with Gasteiger partial charge in [-0.25, -0.2) is 0 Å². The summed E-state index contributed by atoms with van der Waals surface area (Å²) >= 11 is 12.4. The van der Waals surface area contributed by atoms with E-state index in [1.165, 1.54) is 37.7 Å². The Morgan fingerprint density at radius 1 is 1.17 bits per heavy atom. The summed E-state index contributed by atoms with van der Waals surface area (Å²) in [6, 6.07) is 5.60. The Morgan fingerprint density at radius 3 is 2.33 bits per heavy atom. The van der Waals surface area contributed by atoms with Gasteiger partial charge in [0.1, 0.15) is 0 Å². The first-order valence-corrected chi connectivity index (χ1v) is 7.32. The molecule has 0 atom stereocenters. The molecule has 0 unspecified atom stereocenters. The molecule has 18 heavy (non-hydrogen) atoms. The van der Waals surface area contributed by atoms with Gasteiger partial charge in [-0.2, -0.15) is 0 Å². The third-order valence-corrected chi connectivity index (χ3v) is 4.35. The fraction of sp³-hybridized carbons (Fsp3) is 0.467. The van der Waals surface area contributed by atoms with Gasteiger partial charge in [0.2, 0.25) is 0 Å². The highest BCUT2D eigenvalue weighted by Crippen LogP contribution is 2.33. The smallest absolute Gasteiger partial charge is 0.0493 e. The van der Waals surface area contributed by atoms with Crippen molar-refractivity contribution in [1.29, 1.82) is 0 Å². The SMILES string of the molecule is NCC(=Cc1c(Cl)cccc1Cl)C1CCCCC1. The zero-order chi connectivity index (χ0) is 13.0. The van der Waals surface area contributed by atoms with E-state index >= 15 is 0 Å². The highest BCUT2D eigenvalue weighted by molar-refractivity contribution is 6.37. The maximum Gasteiger partial charge on any atom is 0.0493 e. The number of benzene rings is 1. The fourth-order valence-electron chi connectivity index (χ4n) is 2.65. The fourth-order valence-corrected chi connectivity index (χ4v) is 3.16. The quantitative estimate of drug-likeness (QED) is 0.838. The lowest BCUT2D eigenvalue weighted by Gasteiger charge is -2.24. The lowest BCUT2D eigenvalue weighted by molar-refractivity contribution is 0.401. The van der Waals surface area contributed by atoms with E-state index in [9.17, 15) is 0 Å². The van der Waals surface area contributed by atoms with E-state index in [2.05, 4.69) is 6.08 Å². The molecule has 1 fully saturated rings. The van der Waals surface area contributed by atoms with Gasteiger partial charge in [0, 0.05) is 22.2 Å². The summed E-state index contributed by atoms with van der Waals surface area (Å²) in [5.74, 6) is 0.607. The van der Waals surface area contributed by atoms with E-state index < -0.39 is 0 Å². The maximum atomic E-state index is 6.20. The van der Waals surface area contributed by atoms with Crippen molar-refractivity contribution in [2.24, 2.45) is 11.7 Å². The summed E-state index contributed by atoms with van der Waals surface area (Å²) in [6.07, 6.45) is 8.54. The molecule has 2 rings (SSSR count). The third-order valence-electron chi connectivity index (χ3n) is 3.69. The molecule has 2 N–H and O–H groups in total. The molecule has 0 spiro atoms. The summed E-state index contributed by atoms with van der Waals surface area (Å²) < 4.78 is 0. The summed E-state index contributed by atoms with van der Waals surface area (Å²) in [5.41, 5.74) is 8.09. The Kier molecular flexibility index (Phi) is 5.11. The minimum absolute atomic E-state index is 0.590. The molecular weight excluding hydrogens is 265 g/mol. The molecule has 98 valence electrons. The van der Waals surface area contributed by atoms with Gasteiger partial charge in [-0.3, -0.25) is 0 Å². The van der Waals surface area contributed by atoms with Crippen LogP contribution in [0.3, 0.4) is 0 Å². The topological polar surface area (TPSA) is 26.0 Å². The van der Waals surface area contributed by atoms with Crippen molar-refractivity contribution in [1.82, 2.24) is 0 Å². The average molecular weight is 284 g/mol. The van der Waals surface area contributed by atoms with E-state index in [0.717, 1.165) is 5.56 Å². The molecule has 0 radical (unpaired) electrons. The van der Waals surface area contributed by atoms with Crippen LogP contribution in [-0.2, 0) is 0 Å². The van der Waals surface area contributed by atoms with Crippen LogP contribution in [0.2, 0.25) is 10.0 Å². The standard InChI is InChI=1S/C15H19Cl2N/c16-14-7-4-8-15(17)13(14)9-12(10-18)11-5-2-1-3-6-11/h4,7-9,11H,1-3,5-6,10,18H2. The van der Waals surface area contributed by atoms with Crippen LogP contribution < -0.4 is 5.73 Å². The summed E-state index contributed by atoms with van der Waals surface area (Å²) in [6.45, 7) is 0.590. The zero-order valence-electron chi connectivity index (χ0n) is 10.5. The second-order valence-electron chi connectivity index (χ2n) is 4.89. The predicted octanol–water partition coefficient (Wildman–Crippen LogP) is 4.92. The highest BCUT2D eigenvalue weighted by Gasteiger charge is 2.17. The van der Waals surface area contributed by atoms with Gasteiger partial charge in [-0.1, -0.05) is 60.2 Å². The van der Waals surface area contributed by atoms with Gasteiger partial charge in [-0.15, -0.1) is 0 Å². The van der Waals surface area contributed by atoms with Crippen LogP contribution in [-0.4, -0.2) is 6.54 Å². The number of halogens is 2. The van der Waals surface area contributed by atoms with Crippen LogP contribution in [0.5, 0.6) is 0 Å².